The molecule has 0 amide bonds. The number of hydrogen-bond donors (Lipinski definition) is 0. The monoisotopic (exact) mass is 299 g/mol. The van der Waals surface area contributed by atoms with Crippen molar-refractivity contribution >= 4 is 0 Å². The second-order valence-electron chi connectivity index (χ2n) is 6.51. The topological polar surface area (TPSA) is 23.8 Å². The first-order valence-corrected chi connectivity index (χ1v) is 8.56. The van der Waals surface area contributed by atoms with Crippen molar-refractivity contribution in [1.82, 2.24) is 0 Å². The predicted molar refractivity (Wildman–Crippen MR) is 89.0 cm³/mol. The van der Waals surface area contributed by atoms with Crippen LogP contribution in [-0.2, 0) is 12.8 Å². The number of rotatable bonds is 6. The van der Waals surface area contributed by atoms with Gasteiger partial charge in [-0.15, -0.1) is 0 Å². The second kappa shape index (κ2) is 8.73. The van der Waals surface area contributed by atoms with Gasteiger partial charge in [-0.3, -0.25) is 0 Å². The summed E-state index contributed by atoms with van der Waals surface area (Å²) >= 11 is 0. The van der Waals surface area contributed by atoms with Gasteiger partial charge in [0.1, 0.15) is 6.07 Å². The van der Waals surface area contributed by atoms with Gasteiger partial charge < -0.3 is 0 Å². The average Bonchev–Trinajstić information content (AvgIpc) is 2.56. The normalized spacial score (nSPS) is 22.3. The summed E-state index contributed by atoms with van der Waals surface area (Å²) in [5.41, 5.74) is 2.86. The minimum atomic E-state index is -0.615. The summed E-state index contributed by atoms with van der Waals surface area (Å²) in [6, 6.07) is 10.6. The molecule has 1 fully saturated rings. The molecule has 1 saturated carbocycles. The Hall–Kier alpha value is -1.62. The summed E-state index contributed by atoms with van der Waals surface area (Å²) in [6.45, 7) is 2.21. The Labute approximate surface area is 133 Å². The molecule has 0 unspecified atom stereocenters. The van der Waals surface area contributed by atoms with Gasteiger partial charge in [0.25, 0.3) is 0 Å². The smallest absolute Gasteiger partial charge is 0.195 e. The lowest BCUT2D eigenvalue weighted by Crippen LogP contribution is -2.14. The molecular weight excluding hydrogens is 273 g/mol. The third-order valence-corrected chi connectivity index (χ3v) is 4.78. The molecule has 0 heterocycles. The number of aryl methyl sites for hydroxylation is 2. The highest BCUT2D eigenvalue weighted by Crippen LogP contribution is 2.33. The molecule has 0 aromatic heterocycles. The molecule has 22 heavy (non-hydrogen) atoms. The maximum atomic E-state index is 13.0. The van der Waals surface area contributed by atoms with Gasteiger partial charge in [0.05, 0.1) is 0 Å². The summed E-state index contributed by atoms with van der Waals surface area (Å²) in [7, 11) is 0. The Kier molecular flexibility index (Phi) is 6.65. The summed E-state index contributed by atoms with van der Waals surface area (Å²) in [5.74, 6) is 0.407. The van der Waals surface area contributed by atoms with Crippen LogP contribution in [0.5, 0.6) is 0 Å². The third-order valence-electron chi connectivity index (χ3n) is 4.78. The van der Waals surface area contributed by atoms with Crippen molar-refractivity contribution in [2.75, 3.05) is 0 Å². The Morgan fingerprint density at radius 3 is 2.27 bits per heavy atom. The number of hydrogen-bond acceptors (Lipinski definition) is 1. The van der Waals surface area contributed by atoms with E-state index in [4.69, 9.17) is 5.26 Å². The molecule has 0 bridgehead atoms. The van der Waals surface area contributed by atoms with Crippen molar-refractivity contribution in [2.24, 2.45) is 11.8 Å². The molecule has 1 nitrogen and oxygen atoms in total. The van der Waals surface area contributed by atoms with E-state index in [9.17, 15) is 4.39 Å². The molecule has 1 aromatic rings. The van der Waals surface area contributed by atoms with Crippen LogP contribution in [0, 0.1) is 23.2 Å². The molecule has 0 radical (unpaired) electrons. The summed E-state index contributed by atoms with van der Waals surface area (Å²) in [5, 5.41) is 8.49. The van der Waals surface area contributed by atoms with E-state index >= 15 is 0 Å². The number of benzene rings is 1. The van der Waals surface area contributed by atoms with Crippen LogP contribution in [0.15, 0.2) is 36.2 Å². The van der Waals surface area contributed by atoms with E-state index in [1.54, 1.807) is 6.07 Å². The fraction of sp³-hybridized carbons (Fsp3) is 0.550. The van der Waals surface area contributed by atoms with Gasteiger partial charge in [-0.1, -0.05) is 37.6 Å². The molecule has 0 spiro atoms. The Morgan fingerprint density at radius 2 is 1.73 bits per heavy atom. The van der Waals surface area contributed by atoms with Crippen molar-refractivity contribution in [2.45, 2.75) is 58.3 Å². The van der Waals surface area contributed by atoms with Crippen LogP contribution in [0.4, 0.5) is 4.39 Å². The molecule has 2 heteroatoms. The van der Waals surface area contributed by atoms with Gasteiger partial charge in [-0.25, -0.2) is 0 Å². The lowest BCUT2D eigenvalue weighted by Gasteiger charge is -2.26. The van der Waals surface area contributed by atoms with Crippen molar-refractivity contribution in [1.29, 1.82) is 5.26 Å². The molecule has 0 saturated heterocycles. The zero-order valence-electron chi connectivity index (χ0n) is 13.5. The molecule has 0 aliphatic heterocycles. The van der Waals surface area contributed by atoms with Crippen LogP contribution in [-0.4, -0.2) is 0 Å². The van der Waals surface area contributed by atoms with Gasteiger partial charge in [0.2, 0.25) is 0 Å². The Morgan fingerprint density at radius 1 is 1.14 bits per heavy atom. The summed E-state index contributed by atoms with van der Waals surface area (Å²) in [6.07, 6.45) is 10.6. The first-order valence-electron chi connectivity index (χ1n) is 8.56. The van der Waals surface area contributed by atoms with Gasteiger partial charge in [-0.05, 0) is 74.0 Å². The minimum absolute atomic E-state index is 0.268. The van der Waals surface area contributed by atoms with Crippen LogP contribution < -0.4 is 0 Å². The van der Waals surface area contributed by atoms with Crippen molar-refractivity contribution in [3.8, 4) is 6.07 Å². The molecular formula is C20H26FN. The maximum Gasteiger partial charge on any atom is 0.196 e. The van der Waals surface area contributed by atoms with Gasteiger partial charge in [-0.2, -0.15) is 9.65 Å². The first-order chi connectivity index (χ1) is 10.7. The lowest BCUT2D eigenvalue weighted by atomic mass is 9.79. The highest BCUT2D eigenvalue weighted by atomic mass is 19.1. The average molecular weight is 299 g/mol. The maximum absolute atomic E-state index is 13.0. The van der Waals surface area contributed by atoms with Crippen molar-refractivity contribution < 1.29 is 4.39 Å². The molecule has 1 aliphatic carbocycles. The largest absolute Gasteiger partial charge is 0.196 e. The number of nitrogens with zero attached hydrogens (tertiary/aromatic N) is 1. The zero-order valence-corrected chi connectivity index (χ0v) is 13.5. The van der Waals surface area contributed by atoms with Crippen molar-refractivity contribution in [3.63, 3.8) is 0 Å². The standard InChI is InChI=1S/C20H26FN/c1-2-3-16-4-6-17(7-5-16)8-9-18-10-12-19(13-11-18)14-20(21)15-22/h4-7,14,18-19H,2-3,8-13H2,1H3/t18-,19-. The number of allylic oxidation sites excluding steroid dienone is 2. The molecule has 0 N–H and O–H groups in total. The number of halogens is 1. The lowest BCUT2D eigenvalue weighted by molar-refractivity contribution is 0.294. The quantitative estimate of drug-likeness (QED) is 0.613. The molecule has 1 aromatic carbocycles. The minimum Gasteiger partial charge on any atom is -0.195 e. The summed E-state index contributed by atoms with van der Waals surface area (Å²) < 4.78 is 13.0. The van der Waals surface area contributed by atoms with E-state index in [-0.39, 0.29) is 5.92 Å². The Balaban J connectivity index is 1.74. The van der Waals surface area contributed by atoms with Crippen LogP contribution in [0.3, 0.4) is 0 Å². The van der Waals surface area contributed by atoms with E-state index in [1.807, 2.05) is 0 Å². The second-order valence-corrected chi connectivity index (χ2v) is 6.51. The fourth-order valence-electron chi connectivity index (χ4n) is 3.42. The molecule has 1 aliphatic rings. The van der Waals surface area contributed by atoms with Crippen LogP contribution in [0.2, 0.25) is 0 Å². The van der Waals surface area contributed by atoms with Crippen LogP contribution in [0.25, 0.3) is 0 Å². The van der Waals surface area contributed by atoms with E-state index < -0.39 is 5.83 Å². The zero-order chi connectivity index (χ0) is 15.8. The van der Waals surface area contributed by atoms with E-state index in [1.165, 1.54) is 30.0 Å². The Bertz CT molecular complexity index is 516. The SMILES string of the molecule is CCCc1ccc(CC[C@H]2CC[C@H](C=C(F)C#N)CC2)cc1. The van der Waals surface area contributed by atoms with Gasteiger partial charge in [0, 0.05) is 0 Å². The molecule has 2 rings (SSSR count). The fourth-order valence-corrected chi connectivity index (χ4v) is 3.42. The molecule has 118 valence electrons. The van der Waals surface area contributed by atoms with Gasteiger partial charge in [0.15, 0.2) is 5.83 Å². The van der Waals surface area contributed by atoms with Crippen molar-refractivity contribution in [3.05, 3.63) is 47.3 Å². The van der Waals surface area contributed by atoms with E-state index in [0.29, 0.717) is 0 Å². The van der Waals surface area contributed by atoms with Crippen LogP contribution >= 0.6 is 0 Å². The number of nitriles is 1. The summed E-state index contributed by atoms with van der Waals surface area (Å²) in [4.78, 5) is 0. The highest BCUT2D eigenvalue weighted by Gasteiger charge is 2.20. The predicted octanol–water partition coefficient (Wildman–Crippen LogP) is 5.76. The van der Waals surface area contributed by atoms with Gasteiger partial charge >= 0.3 is 0 Å². The highest BCUT2D eigenvalue weighted by molar-refractivity contribution is 5.22. The third kappa shape index (κ3) is 5.30. The van der Waals surface area contributed by atoms with Crippen LogP contribution in [0.1, 0.15) is 56.6 Å². The van der Waals surface area contributed by atoms with E-state index in [2.05, 4.69) is 31.2 Å². The first kappa shape index (κ1) is 16.7. The van der Waals surface area contributed by atoms with E-state index in [0.717, 1.165) is 44.4 Å². The molecule has 0 atom stereocenters.